The SMILES string of the molecule is CCc1nn(C)c(CC(=O)C2CCC(C)O2)c1Cl. The lowest BCUT2D eigenvalue weighted by Crippen LogP contribution is -2.23. The molecule has 1 saturated heterocycles. The first-order chi connectivity index (χ1) is 8.52. The Hall–Kier alpha value is -0.870. The third kappa shape index (κ3) is 2.59. The summed E-state index contributed by atoms with van der Waals surface area (Å²) in [7, 11) is 1.83. The largest absolute Gasteiger partial charge is 0.367 e. The summed E-state index contributed by atoms with van der Waals surface area (Å²) in [6, 6.07) is 0. The molecule has 5 heteroatoms. The maximum atomic E-state index is 12.1. The molecule has 0 radical (unpaired) electrons. The van der Waals surface area contributed by atoms with Crippen LogP contribution in [0.25, 0.3) is 0 Å². The van der Waals surface area contributed by atoms with E-state index in [1.807, 2.05) is 20.9 Å². The van der Waals surface area contributed by atoms with Gasteiger partial charge in [0, 0.05) is 7.05 Å². The topological polar surface area (TPSA) is 44.1 Å². The van der Waals surface area contributed by atoms with Crippen LogP contribution in [-0.4, -0.2) is 27.8 Å². The Bertz CT molecular complexity index is 456. The standard InChI is InChI=1S/C13H19ClN2O2/c1-4-9-13(14)10(16(3)15-9)7-11(17)12-6-5-8(2)18-12/h8,12H,4-7H2,1-3H3. The number of halogens is 1. The predicted octanol–water partition coefficient (Wildman–Crippen LogP) is 2.32. The zero-order valence-electron chi connectivity index (χ0n) is 11.1. The molecule has 18 heavy (non-hydrogen) atoms. The molecule has 0 N–H and O–H groups in total. The van der Waals surface area contributed by atoms with Crippen molar-refractivity contribution in [3.05, 3.63) is 16.4 Å². The van der Waals surface area contributed by atoms with Gasteiger partial charge >= 0.3 is 0 Å². The van der Waals surface area contributed by atoms with Crippen molar-refractivity contribution in [2.75, 3.05) is 0 Å². The average molecular weight is 271 g/mol. The van der Waals surface area contributed by atoms with Gasteiger partial charge in [-0.15, -0.1) is 0 Å². The zero-order valence-corrected chi connectivity index (χ0v) is 11.8. The monoisotopic (exact) mass is 270 g/mol. The van der Waals surface area contributed by atoms with Crippen molar-refractivity contribution >= 4 is 17.4 Å². The number of aromatic nitrogens is 2. The van der Waals surface area contributed by atoms with Gasteiger partial charge in [0.25, 0.3) is 0 Å². The maximum absolute atomic E-state index is 12.1. The van der Waals surface area contributed by atoms with Crippen LogP contribution in [-0.2, 0) is 29.4 Å². The summed E-state index contributed by atoms with van der Waals surface area (Å²) in [6.07, 6.45) is 2.77. The van der Waals surface area contributed by atoms with Gasteiger partial charge in [-0.3, -0.25) is 9.48 Å². The smallest absolute Gasteiger partial charge is 0.167 e. The summed E-state index contributed by atoms with van der Waals surface area (Å²) in [4.78, 5) is 12.1. The van der Waals surface area contributed by atoms with Crippen molar-refractivity contribution in [3.8, 4) is 0 Å². The minimum atomic E-state index is -0.268. The Kier molecular flexibility index (Phi) is 4.07. The van der Waals surface area contributed by atoms with Gasteiger partial charge in [-0.05, 0) is 26.2 Å². The van der Waals surface area contributed by atoms with Crippen LogP contribution >= 0.6 is 11.6 Å². The van der Waals surface area contributed by atoms with Gasteiger partial charge in [0.1, 0.15) is 6.10 Å². The number of hydrogen-bond donors (Lipinski definition) is 0. The van der Waals surface area contributed by atoms with E-state index in [0.29, 0.717) is 11.4 Å². The first-order valence-corrected chi connectivity index (χ1v) is 6.79. The predicted molar refractivity (Wildman–Crippen MR) is 69.9 cm³/mol. The van der Waals surface area contributed by atoms with E-state index in [2.05, 4.69) is 5.10 Å². The Balaban J connectivity index is 2.09. The minimum Gasteiger partial charge on any atom is -0.367 e. The van der Waals surface area contributed by atoms with Crippen LogP contribution in [0.5, 0.6) is 0 Å². The van der Waals surface area contributed by atoms with Gasteiger partial charge in [0.05, 0.1) is 28.9 Å². The number of ketones is 1. The normalized spacial score (nSPS) is 23.6. The summed E-state index contributed by atoms with van der Waals surface area (Å²) >= 11 is 6.23. The van der Waals surface area contributed by atoms with Crippen LogP contribution in [0.15, 0.2) is 0 Å². The van der Waals surface area contributed by atoms with Crippen molar-refractivity contribution in [3.63, 3.8) is 0 Å². The number of carbonyl (C=O) groups excluding carboxylic acids is 1. The molecule has 1 aromatic heterocycles. The molecule has 0 aliphatic carbocycles. The molecule has 0 bridgehead atoms. The highest BCUT2D eigenvalue weighted by Gasteiger charge is 2.29. The Morgan fingerprint density at radius 2 is 2.28 bits per heavy atom. The summed E-state index contributed by atoms with van der Waals surface area (Å²) in [5, 5.41) is 4.94. The van der Waals surface area contributed by atoms with E-state index in [4.69, 9.17) is 16.3 Å². The lowest BCUT2D eigenvalue weighted by atomic mass is 10.1. The molecule has 0 spiro atoms. The quantitative estimate of drug-likeness (QED) is 0.843. The molecule has 0 saturated carbocycles. The molecule has 1 fully saturated rings. The second-order valence-electron chi connectivity index (χ2n) is 4.84. The molecule has 2 atom stereocenters. The second kappa shape index (κ2) is 5.41. The molecule has 2 rings (SSSR count). The third-order valence-corrected chi connectivity index (χ3v) is 3.87. The number of rotatable bonds is 4. The molecule has 2 unspecified atom stereocenters. The number of hydrogen-bond acceptors (Lipinski definition) is 3. The number of Topliss-reactive ketones (excluding diaryl/α,β-unsaturated/α-hetero) is 1. The summed E-state index contributed by atoms with van der Waals surface area (Å²) < 4.78 is 7.29. The average Bonchev–Trinajstić information content (AvgIpc) is 2.87. The van der Waals surface area contributed by atoms with Crippen LogP contribution in [0.1, 0.15) is 38.1 Å². The molecule has 0 amide bonds. The Labute approximate surface area is 112 Å². The molecule has 1 aromatic rings. The van der Waals surface area contributed by atoms with E-state index in [-0.39, 0.29) is 18.0 Å². The van der Waals surface area contributed by atoms with Gasteiger partial charge in [-0.2, -0.15) is 5.10 Å². The summed E-state index contributed by atoms with van der Waals surface area (Å²) in [5.41, 5.74) is 1.64. The molecular formula is C13H19ClN2O2. The van der Waals surface area contributed by atoms with Crippen LogP contribution < -0.4 is 0 Å². The maximum Gasteiger partial charge on any atom is 0.167 e. The van der Waals surface area contributed by atoms with Crippen molar-refractivity contribution < 1.29 is 9.53 Å². The van der Waals surface area contributed by atoms with E-state index in [9.17, 15) is 4.79 Å². The first kappa shape index (κ1) is 13.6. The molecular weight excluding hydrogens is 252 g/mol. The molecule has 1 aliphatic heterocycles. The van der Waals surface area contributed by atoms with Crippen LogP contribution in [0.3, 0.4) is 0 Å². The molecule has 1 aliphatic rings. The first-order valence-electron chi connectivity index (χ1n) is 6.41. The van der Waals surface area contributed by atoms with Gasteiger partial charge < -0.3 is 4.74 Å². The number of ether oxygens (including phenoxy) is 1. The van der Waals surface area contributed by atoms with E-state index < -0.39 is 0 Å². The lowest BCUT2D eigenvalue weighted by Gasteiger charge is -2.10. The van der Waals surface area contributed by atoms with E-state index in [0.717, 1.165) is 30.7 Å². The van der Waals surface area contributed by atoms with Crippen molar-refractivity contribution in [2.45, 2.75) is 51.7 Å². The Morgan fingerprint density at radius 3 is 2.78 bits per heavy atom. The van der Waals surface area contributed by atoms with Crippen LogP contribution in [0.4, 0.5) is 0 Å². The zero-order chi connectivity index (χ0) is 13.3. The highest BCUT2D eigenvalue weighted by atomic mass is 35.5. The fraction of sp³-hybridized carbons (Fsp3) is 0.692. The second-order valence-corrected chi connectivity index (χ2v) is 5.22. The third-order valence-electron chi connectivity index (χ3n) is 3.44. The van der Waals surface area contributed by atoms with Crippen molar-refractivity contribution in [1.82, 2.24) is 9.78 Å². The molecule has 4 nitrogen and oxygen atoms in total. The van der Waals surface area contributed by atoms with Crippen molar-refractivity contribution in [2.24, 2.45) is 7.05 Å². The van der Waals surface area contributed by atoms with Crippen LogP contribution in [0.2, 0.25) is 5.02 Å². The number of nitrogens with zero attached hydrogens (tertiary/aromatic N) is 2. The van der Waals surface area contributed by atoms with E-state index in [1.165, 1.54) is 0 Å². The highest BCUT2D eigenvalue weighted by Crippen LogP contribution is 2.25. The van der Waals surface area contributed by atoms with E-state index >= 15 is 0 Å². The van der Waals surface area contributed by atoms with Crippen LogP contribution in [0, 0.1) is 0 Å². The lowest BCUT2D eigenvalue weighted by molar-refractivity contribution is -0.128. The molecule has 0 aromatic carbocycles. The van der Waals surface area contributed by atoms with Gasteiger partial charge in [-0.1, -0.05) is 18.5 Å². The number of carbonyl (C=O) groups is 1. The molecule has 2 heterocycles. The van der Waals surface area contributed by atoms with Gasteiger partial charge in [0.15, 0.2) is 5.78 Å². The molecule has 100 valence electrons. The number of aryl methyl sites for hydroxylation is 2. The van der Waals surface area contributed by atoms with Gasteiger partial charge in [0.2, 0.25) is 0 Å². The minimum absolute atomic E-state index is 0.104. The van der Waals surface area contributed by atoms with Gasteiger partial charge in [-0.25, -0.2) is 0 Å². The summed E-state index contributed by atoms with van der Waals surface area (Å²) in [6.45, 7) is 4.00. The van der Waals surface area contributed by atoms with Crippen molar-refractivity contribution in [1.29, 1.82) is 0 Å². The Morgan fingerprint density at radius 1 is 1.56 bits per heavy atom. The fourth-order valence-electron chi connectivity index (χ4n) is 2.33. The highest BCUT2D eigenvalue weighted by molar-refractivity contribution is 6.32. The fourth-order valence-corrected chi connectivity index (χ4v) is 2.69. The van der Waals surface area contributed by atoms with E-state index in [1.54, 1.807) is 4.68 Å². The summed E-state index contributed by atoms with van der Waals surface area (Å²) in [5.74, 6) is 0.104.